The van der Waals surface area contributed by atoms with Crippen molar-refractivity contribution in [3.8, 4) is 0 Å². The Hall–Kier alpha value is -0.900. The first kappa shape index (κ1) is 14.5. The Balaban J connectivity index is 2.51. The molecule has 2 aromatic rings. The van der Waals surface area contributed by atoms with E-state index >= 15 is 0 Å². The summed E-state index contributed by atoms with van der Waals surface area (Å²) in [5.41, 5.74) is 1.78. The number of benzene rings is 2. The molecule has 19 heavy (non-hydrogen) atoms. The standard InChI is InChI=1S/C15H14BrClFN/c1-2-19-15(11-5-3-4-6-13(11)16)12-9-10(18)7-8-14(12)17/h3-9,15,19H,2H2,1H3. The van der Waals surface area contributed by atoms with Crippen molar-refractivity contribution in [2.45, 2.75) is 13.0 Å². The highest BCUT2D eigenvalue weighted by Gasteiger charge is 2.18. The van der Waals surface area contributed by atoms with E-state index in [4.69, 9.17) is 11.6 Å². The highest BCUT2D eigenvalue weighted by molar-refractivity contribution is 9.10. The monoisotopic (exact) mass is 341 g/mol. The lowest BCUT2D eigenvalue weighted by atomic mass is 9.98. The lowest BCUT2D eigenvalue weighted by Crippen LogP contribution is -2.22. The summed E-state index contributed by atoms with van der Waals surface area (Å²) < 4.78 is 14.4. The van der Waals surface area contributed by atoms with Crippen LogP contribution in [-0.2, 0) is 0 Å². The predicted octanol–water partition coefficient (Wildman–Crippen LogP) is 4.94. The van der Waals surface area contributed by atoms with Crippen LogP contribution in [0.3, 0.4) is 0 Å². The van der Waals surface area contributed by atoms with Gasteiger partial charge >= 0.3 is 0 Å². The number of nitrogens with one attached hydrogen (secondary N) is 1. The lowest BCUT2D eigenvalue weighted by molar-refractivity contribution is 0.602. The molecule has 0 radical (unpaired) electrons. The largest absolute Gasteiger partial charge is 0.306 e. The summed E-state index contributed by atoms with van der Waals surface area (Å²) in [6, 6.07) is 12.2. The van der Waals surface area contributed by atoms with Crippen molar-refractivity contribution in [2.24, 2.45) is 0 Å². The quantitative estimate of drug-likeness (QED) is 0.830. The smallest absolute Gasteiger partial charge is 0.123 e. The Morgan fingerprint density at radius 2 is 1.95 bits per heavy atom. The highest BCUT2D eigenvalue weighted by Crippen LogP contribution is 2.32. The van der Waals surface area contributed by atoms with Gasteiger partial charge in [0, 0.05) is 9.50 Å². The normalized spacial score (nSPS) is 12.4. The van der Waals surface area contributed by atoms with E-state index < -0.39 is 0 Å². The zero-order chi connectivity index (χ0) is 13.8. The van der Waals surface area contributed by atoms with Crippen LogP contribution in [0.2, 0.25) is 5.02 Å². The Labute approximate surface area is 125 Å². The topological polar surface area (TPSA) is 12.0 Å². The van der Waals surface area contributed by atoms with Gasteiger partial charge in [0.25, 0.3) is 0 Å². The molecule has 0 bridgehead atoms. The zero-order valence-electron chi connectivity index (χ0n) is 10.5. The van der Waals surface area contributed by atoms with Crippen LogP contribution >= 0.6 is 27.5 Å². The van der Waals surface area contributed by atoms with E-state index in [1.165, 1.54) is 12.1 Å². The summed E-state index contributed by atoms with van der Waals surface area (Å²) in [4.78, 5) is 0. The van der Waals surface area contributed by atoms with Crippen molar-refractivity contribution in [1.82, 2.24) is 5.32 Å². The first-order valence-electron chi connectivity index (χ1n) is 6.06. The van der Waals surface area contributed by atoms with E-state index in [-0.39, 0.29) is 11.9 Å². The van der Waals surface area contributed by atoms with Crippen LogP contribution in [0.15, 0.2) is 46.9 Å². The maximum absolute atomic E-state index is 13.5. The highest BCUT2D eigenvalue weighted by atomic mass is 79.9. The van der Waals surface area contributed by atoms with Crippen molar-refractivity contribution in [1.29, 1.82) is 0 Å². The summed E-state index contributed by atoms with van der Waals surface area (Å²) >= 11 is 9.74. The third-order valence-corrected chi connectivity index (χ3v) is 3.96. The first-order chi connectivity index (χ1) is 9.13. The lowest BCUT2D eigenvalue weighted by Gasteiger charge is -2.21. The average molecular weight is 343 g/mol. The number of hydrogen-bond donors (Lipinski definition) is 1. The fourth-order valence-corrected chi connectivity index (χ4v) is 2.78. The van der Waals surface area contributed by atoms with Gasteiger partial charge in [-0.05, 0) is 41.9 Å². The fraction of sp³-hybridized carbons (Fsp3) is 0.200. The molecule has 4 heteroatoms. The maximum atomic E-state index is 13.5. The van der Waals surface area contributed by atoms with Crippen LogP contribution in [0, 0.1) is 5.82 Å². The summed E-state index contributed by atoms with van der Waals surface area (Å²) in [6.45, 7) is 2.77. The molecule has 0 heterocycles. The molecule has 0 saturated carbocycles. The van der Waals surface area contributed by atoms with E-state index in [2.05, 4.69) is 21.2 Å². The molecule has 0 aliphatic heterocycles. The van der Waals surface area contributed by atoms with Crippen molar-refractivity contribution >= 4 is 27.5 Å². The molecule has 0 aromatic heterocycles. The second kappa shape index (κ2) is 6.51. The Morgan fingerprint density at radius 3 is 2.63 bits per heavy atom. The van der Waals surface area contributed by atoms with Gasteiger partial charge in [0.05, 0.1) is 6.04 Å². The SMILES string of the molecule is CCNC(c1cc(F)ccc1Cl)c1ccccc1Br. The summed E-state index contributed by atoms with van der Waals surface area (Å²) in [7, 11) is 0. The maximum Gasteiger partial charge on any atom is 0.123 e. The first-order valence-corrected chi connectivity index (χ1v) is 7.23. The molecule has 0 spiro atoms. The molecule has 1 atom stereocenters. The molecule has 0 fully saturated rings. The van der Waals surface area contributed by atoms with Crippen molar-refractivity contribution in [2.75, 3.05) is 6.54 Å². The fourth-order valence-electron chi connectivity index (χ4n) is 2.04. The molecule has 0 saturated heterocycles. The summed E-state index contributed by atoms with van der Waals surface area (Å²) in [5, 5.41) is 3.90. The Bertz CT molecular complexity index is 574. The van der Waals surface area contributed by atoms with Gasteiger partial charge in [0.1, 0.15) is 5.82 Å². The molecular formula is C15H14BrClFN. The van der Waals surface area contributed by atoms with Gasteiger partial charge in [-0.1, -0.05) is 52.7 Å². The number of hydrogen-bond acceptors (Lipinski definition) is 1. The minimum Gasteiger partial charge on any atom is -0.306 e. The van der Waals surface area contributed by atoms with Crippen molar-refractivity contribution in [3.63, 3.8) is 0 Å². The third kappa shape index (κ3) is 3.35. The Kier molecular flexibility index (Phi) is 4.97. The summed E-state index contributed by atoms with van der Waals surface area (Å²) in [5.74, 6) is -0.283. The number of halogens is 3. The van der Waals surface area contributed by atoms with Crippen LogP contribution in [0.5, 0.6) is 0 Å². The molecular weight excluding hydrogens is 329 g/mol. The molecule has 1 N–H and O–H groups in total. The molecule has 2 rings (SSSR count). The molecule has 0 aliphatic carbocycles. The third-order valence-electron chi connectivity index (χ3n) is 2.89. The second-order valence-corrected chi connectivity index (χ2v) is 5.44. The van der Waals surface area contributed by atoms with Gasteiger partial charge < -0.3 is 5.32 Å². The molecule has 2 aromatic carbocycles. The van der Waals surface area contributed by atoms with Crippen molar-refractivity contribution in [3.05, 3.63) is 68.9 Å². The minimum atomic E-state index is -0.283. The van der Waals surface area contributed by atoms with Gasteiger partial charge in [-0.3, -0.25) is 0 Å². The second-order valence-electron chi connectivity index (χ2n) is 4.18. The predicted molar refractivity (Wildman–Crippen MR) is 81.1 cm³/mol. The van der Waals surface area contributed by atoms with Crippen LogP contribution in [-0.4, -0.2) is 6.54 Å². The van der Waals surface area contributed by atoms with Gasteiger partial charge in [-0.2, -0.15) is 0 Å². The minimum absolute atomic E-state index is 0.135. The summed E-state index contributed by atoms with van der Waals surface area (Å²) in [6.07, 6.45) is 0. The molecule has 0 amide bonds. The average Bonchev–Trinajstić information content (AvgIpc) is 2.40. The molecule has 1 nitrogen and oxygen atoms in total. The van der Waals surface area contributed by atoms with E-state index in [0.29, 0.717) is 5.02 Å². The number of rotatable bonds is 4. The van der Waals surface area contributed by atoms with Crippen LogP contribution in [0.4, 0.5) is 4.39 Å². The molecule has 100 valence electrons. The van der Waals surface area contributed by atoms with E-state index in [9.17, 15) is 4.39 Å². The van der Waals surface area contributed by atoms with E-state index in [0.717, 1.165) is 22.1 Å². The van der Waals surface area contributed by atoms with E-state index in [1.807, 2.05) is 31.2 Å². The molecule has 1 unspecified atom stereocenters. The molecule has 0 aliphatic rings. The van der Waals surface area contributed by atoms with Gasteiger partial charge in [0.2, 0.25) is 0 Å². The Morgan fingerprint density at radius 1 is 1.21 bits per heavy atom. The van der Waals surface area contributed by atoms with Gasteiger partial charge in [-0.15, -0.1) is 0 Å². The van der Waals surface area contributed by atoms with Gasteiger partial charge in [-0.25, -0.2) is 4.39 Å². The van der Waals surface area contributed by atoms with E-state index in [1.54, 1.807) is 6.07 Å². The van der Waals surface area contributed by atoms with Gasteiger partial charge in [0.15, 0.2) is 0 Å². The van der Waals surface area contributed by atoms with Crippen molar-refractivity contribution < 1.29 is 4.39 Å². The van der Waals surface area contributed by atoms with Crippen LogP contribution in [0.1, 0.15) is 24.1 Å². The zero-order valence-corrected chi connectivity index (χ0v) is 12.8. The van der Waals surface area contributed by atoms with Crippen LogP contribution in [0.25, 0.3) is 0 Å². The van der Waals surface area contributed by atoms with Crippen LogP contribution < -0.4 is 5.32 Å².